The van der Waals surface area contributed by atoms with E-state index >= 15 is 0 Å². The van der Waals surface area contributed by atoms with Gasteiger partial charge >= 0.3 is 0 Å². The summed E-state index contributed by atoms with van der Waals surface area (Å²) in [6.45, 7) is 4.92. The van der Waals surface area contributed by atoms with Crippen molar-refractivity contribution in [3.63, 3.8) is 0 Å². The zero-order valence-corrected chi connectivity index (χ0v) is 9.20. The van der Waals surface area contributed by atoms with Crippen LogP contribution in [0.1, 0.15) is 19.3 Å². The average molecular weight is 187 g/mol. The molecule has 0 amide bonds. The van der Waals surface area contributed by atoms with Gasteiger partial charge in [-0.25, -0.2) is 0 Å². The normalized spacial score (nSPS) is 10.6. The molecule has 0 fully saturated rings. The Kier molecular flexibility index (Phi) is 9.18. The summed E-state index contributed by atoms with van der Waals surface area (Å²) in [5.74, 6) is 2.59. The highest BCUT2D eigenvalue weighted by atomic mass is 32.2. The lowest BCUT2D eigenvalue weighted by atomic mass is 10.3. The van der Waals surface area contributed by atoms with Crippen LogP contribution in [0.25, 0.3) is 0 Å². The number of hydrogen-bond acceptors (Lipinski definition) is 2. The number of nitrogens with zero attached hydrogens (tertiary/aromatic N) is 1. The zero-order valence-electron chi connectivity index (χ0n) is 8.38. The molecule has 2 heteroatoms. The smallest absolute Gasteiger partial charge is 0.00170 e. The molecule has 0 saturated heterocycles. The van der Waals surface area contributed by atoms with Crippen LogP contribution in [-0.2, 0) is 0 Å². The van der Waals surface area contributed by atoms with E-state index in [4.69, 9.17) is 0 Å². The monoisotopic (exact) mass is 187 g/mol. The van der Waals surface area contributed by atoms with E-state index < -0.39 is 0 Å². The van der Waals surface area contributed by atoms with Gasteiger partial charge in [0.1, 0.15) is 0 Å². The van der Waals surface area contributed by atoms with Crippen LogP contribution in [0.4, 0.5) is 0 Å². The Hall–Kier alpha value is 0.0500. The molecule has 0 aliphatic heterocycles. The molecule has 0 aliphatic carbocycles. The topological polar surface area (TPSA) is 3.24 Å². The minimum Gasteiger partial charge on any atom is -0.309 e. The molecule has 0 aliphatic rings. The Labute approximate surface area is 81.2 Å². The van der Waals surface area contributed by atoms with E-state index in [1.807, 2.05) is 6.08 Å². The predicted octanol–water partition coefficient (Wildman–Crippen LogP) is 2.64. The molecule has 12 heavy (non-hydrogen) atoms. The van der Waals surface area contributed by atoms with Crippen LogP contribution in [0.15, 0.2) is 12.7 Å². The molecular weight excluding hydrogens is 166 g/mol. The van der Waals surface area contributed by atoms with E-state index in [0.717, 1.165) is 0 Å². The second-order valence-corrected chi connectivity index (χ2v) is 4.42. The van der Waals surface area contributed by atoms with Crippen molar-refractivity contribution in [2.45, 2.75) is 19.3 Å². The summed E-state index contributed by atoms with van der Waals surface area (Å²) in [7, 11) is 4.25. The molecule has 0 radical (unpaired) electrons. The molecular formula is C10H21NS. The third-order valence-electron chi connectivity index (χ3n) is 1.59. The summed E-state index contributed by atoms with van der Waals surface area (Å²) in [6, 6.07) is 0. The Morgan fingerprint density at radius 3 is 2.50 bits per heavy atom. The summed E-state index contributed by atoms with van der Waals surface area (Å²) < 4.78 is 0. The summed E-state index contributed by atoms with van der Waals surface area (Å²) in [4.78, 5) is 2.24. The van der Waals surface area contributed by atoms with E-state index in [1.54, 1.807) is 0 Å². The highest BCUT2D eigenvalue weighted by Gasteiger charge is 1.91. The van der Waals surface area contributed by atoms with Crippen molar-refractivity contribution >= 4 is 11.8 Å². The summed E-state index contributed by atoms with van der Waals surface area (Å²) in [6.07, 6.45) is 5.77. The van der Waals surface area contributed by atoms with Gasteiger partial charge in [0.05, 0.1) is 0 Å². The molecule has 72 valence electrons. The van der Waals surface area contributed by atoms with Crippen molar-refractivity contribution in [1.82, 2.24) is 4.90 Å². The summed E-state index contributed by atoms with van der Waals surface area (Å²) >= 11 is 2.06. The van der Waals surface area contributed by atoms with Crippen molar-refractivity contribution in [3.05, 3.63) is 12.7 Å². The standard InChI is InChI=1S/C10H21NS/c1-4-5-6-9-12-10-7-8-11(2)3/h4H,1,5-10H2,2-3H3. The maximum Gasteiger partial charge on any atom is -0.00170 e. The number of rotatable bonds is 8. The maximum atomic E-state index is 3.70. The minimum absolute atomic E-state index is 1.17. The van der Waals surface area contributed by atoms with Crippen LogP contribution in [0.3, 0.4) is 0 Å². The first kappa shape index (κ1) is 12.0. The SMILES string of the molecule is C=CCCCSCCCN(C)C. The summed E-state index contributed by atoms with van der Waals surface area (Å²) in [5, 5.41) is 0. The molecule has 0 aromatic heterocycles. The molecule has 0 N–H and O–H groups in total. The first-order valence-electron chi connectivity index (χ1n) is 4.60. The Bertz CT molecular complexity index is 102. The average Bonchev–Trinajstić information content (AvgIpc) is 2.02. The van der Waals surface area contributed by atoms with Crippen LogP contribution in [-0.4, -0.2) is 37.0 Å². The molecule has 0 rings (SSSR count). The second-order valence-electron chi connectivity index (χ2n) is 3.20. The highest BCUT2D eigenvalue weighted by Crippen LogP contribution is 2.06. The van der Waals surface area contributed by atoms with Crippen molar-refractivity contribution in [1.29, 1.82) is 0 Å². The molecule has 0 atom stereocenters. The van der Waals surface area contributed by atoms with Gasteiger partial charge in [-0.3, -0.25) is 0 Å². The van der Waals surface area contributed by atoms with Gasteiger partial charge in [0.2, 0.25) is 0 Å². The lowest BCUT2D eigenvalue weighted by Crippen LogP contribution is -2.13. The van der Waals surface area contributed by atoms with Crippen molar-refractivity contribution in [2.75, 3.05) is 32.1 Å². The number of unbranched alkanes of at least 4 members (excludes halogenated alkanes) is 1. The zero-order chi connectivity index (χ0) is 9.23. The molecule has 0 heterocycles. The Balaban J connectivity index is 2.86. The highest BCUT2D eigenvalue weighted by molar-refractivity contribution is 7.99. The number of thioether (sulfide) groups is 1. The van der Waals surface area contributed by atoms with E-state index in [1.165, 1.54) is 37.3 Å². The van der Waals surface area contributed by atoms with Gasteiger partial charge in [-0.1, -0.05) is 6.08 Å². The van der Waals surface area contributed by atoms with Gasteiger partial charge in [-0.05, 0) is 51.4 Å². The van der Waals surface area contributed by atoms with E-state index in [2.05, 4.69) is 37.3 Å². The molecule has 0 aromatic rings. The second kappa shape index (κ2) is 9.14. The predicted molar refractivity (Wildman–Crippen MR) is 59.9 cm³/mol. The molecule has 0 saturated carbocycles. The van der Waals surface area contributed by atoms with Crippen LogP contribution in [0, 0.1) is 0 Å². The van der Waals surface area contributed by atoms with Crippen molar-refractivity contribution < 1.29 is 0 Å². The maximum absolute atomic E-state index is 3.70. The van der Waals surface area contributed by atoms with Crippen LogP contribution < -0.4 is 0 Å². The van der Waals surface area contributed by atoms with Crippen molar-refractivity contribution in [2.24, 2.45) is 0 Å². The van der Waals surface area contributed by atoms with Gasteiger partial charge in [0, 0.05) is 0 Å². The first-order valence-corrected chi connectivity index (χ1v) is 5.76. The van der Waals surface area contributed by atoms with Gasteiger partial charge in [0.15, 0.2) is 0 Å². The van der Waals surface area contributed by atoms with Crippen molar-refractivity contribution in [3.8, 4) is 0 Å². The fraction of sp³-hybridized carbons (Fsp3) is 0.800. The van der Waals surface area contributed by atoms with Gasteiger partial charge in [0.25, 0.3) is 0 Å². The number of allylic oxidation sites excluding steroid dienone is 1. The van der Waals surface area contributed by atoms with Gasteiger partial charge < -0.3 is 4.90 Å². The fourth-order valence-electron chi connectivity index (χ4n) is 0.915. The van der Waals surface area contributed by atoms with E-state index in [0.29, 0.717) is 0 Å². The summed E-state index contributed by atoms with van der Waals surface area (Å²) in [5.41, 5.74) is 0. The number of hydrogen-bond donors (Lipinski definition) is 0. The van der Waals surface area contributed by atoms with Crippen LogP contribution in [0.5, 0.6) is 0 Å². The Morgan fingerprint density at radius 1 is 1.25 bits per heavy atom. The third kappa shape index (κ3) is 10.0. The molecule has 1 nitrogen and oxygen atoms in total. The van der Waals surface area contributed by atoms with Crippen LogP contribution >= 0.6 is 11.8 Å². The van der Waals surface area contributed by atoms with Crippen LogP contribution in [0.2, 0.25) is 0 Å². The van der Waals surface area contributed by atoms with Gasteiger partial charge in [-0.2, -0.15) is 11.8 Å². The first-order chi connectivity index (χ1) is 5.77. The molecule has 0 aromatic carbocycles. The minimum atomic E-state index is 1.17. The largest absolute Gasteiger partial charge is 0.309 e. The molecule has 0 bridgehead atoms. The van der Waals surface area contributed by atoms with Gasteiger partial charge in [-0.15, -0.1) is 6.58 Å². The quantitative estimate of drug-likeness (QED) is 0.424. The Morgan fingerprint density at radius 2 is 1.92 bits per heavy atom. The third-order valence-corrected chi connectivity index (χ3v) is 2.75. The lowest BCUT2D eigenvalue weighted by Gasteiger charge is -2.08. The van der Waals surface area contributed by atoms with E-state index in [-0.39, 0.29) is 0 Å². The van der Waals surface area contributed by atoms with E-state index in [9.17, 15) is 0 Å². The lowest BCUT2D eigenvalue weighted by molar-refractivity contribution is 0.410. The molecule has 0 spiro atoms. The fourth-order valence-corrected chi connectivity index (χ4v) is 1.82. The molecule has 0 unspecified atom stereocenters.